The Balaban J connectivity index is 2.39. The van der Waals surface area contributed by atoms with Crippen molar-refractivity contribution in [2.75, 3.05) is 27.4 Å². The van der Waals surface area contributed by atoms with E-state index in [1.165, 1.54) is 7.11 Å². The Labute approximate surface area is 124 Å². The van der Waals surface area contributed by atoms with Gasteiger partial charge in [0.1, 0.15) is 0 Å². The fourth-order valence-electron chi connectivity index (χ4n) is 2.09. The molecule has 0 aliphatic rings. The lowest BCUT2D eigenvalue weighted by atomic mass is 10.2. The zero-order valence-corrected chi connectivity index (χ0v) is 13.1. The molecule has 0 spiro atoms. The highest BCUT2D eigenvalue weighted by Crippen LogP contribution is 2.34. The molecule has 0 radical (unpaired) electrons. The number of hydrogen-bond donors (Lipinski definition) is 2. The summed E-state index contributed by atoms with van der Waals surface area (Å²) in [4.78, 5) is 7.07. The molecule has 1 aromatic heterocycles. The summed E-state index contributed by atoms with van der Waals surface area (Å²) < 4.78 is 27.3. The molecule has 0 saturated carbocycles. The molecule has 0 fully saturated rings. The minimum atomic E-state index is -3.82. The molecule has 116 valence electrons. The van der Waals surface area contributed by atoms with Crippen molar-refractivity contribution in [1.29, 1.82) is 0 Å². The summed E-state index contributed by atoms with van der Waals surface area (Å²) in [5.41, 5.74) is 0.901. The monoisotopic (exact) mass is 311 g/mol. The number of imidazole rings is 1. The van der Waals surface area contributed by atoms with Crippen LogP contribution >= 0.6 is 0 Å². The molecular formula is C14H21N3O3S. The summed E-state index contributed by atoms with van der Waals surface area (Å²) in [6.45, 7) is 0.816. The van der Waals surface area contributed by atoms with Crippen molar-refractivity contribution in [1.82, 2.24) is 14.7 Å². The maximum absolute atomic E-state index is 13.8. The highest BCUT2D eigenvalue weighted by Gasteiger charge is 2.35. The van der Waals surface area contributed by atoms with Gasteiger partial charge in [-0.1, -0.05) is 39.9 Å². The number of hydrogen-bond acceptors (Lipinski definition) is 4. The second kappa shape index (κ2) is 6.48. The maximum Gasteiger partial charge on any atom is 0.229 e. The summed E-state index contributed by atoms with van der Waals surface area (Å²) >= 11 is 0. The Hall–Kier alpha value is -1.54. The first kappa shape index (κ1) is 15.8. The third kappa shape index (κ3) is 3.38. The minimum absolute atomic E-state index is 0.200. The summed E-state index contributed by atoms with van der Waals surface area (Å²) in [5, 5.41) is 0.300. The highest BCUT2D eigenvalue weighted by molar-refractivity contribution is 8.13. The minimum Gasteiger partial charge on any atom is -0.383 e. The molecule has 6 nitrogen and oxygen atoms in total. The van der Waals surface area contributed by atoms with Crippen LogP contribution in [0.25, 0.3) is 0 Å². The lowest BCUT2D eigenvalue weighted by molar-refractivity contribution is 0.203. The van der Waals surface area contributed by atoms with Crippen LogP contribution in [0.15, 0.2) is 47.9 Å². The van der Waals surface area contributed by atoms with Gasteiger partial charge < -0.3 is 9.72 Å². The van der Waals surface area contributed by atoms with E-state index in [1.807, 2.05) is 30.3 Å². The molecule has 2 N–H and O–H groups in total. The zero-order valence-electron chi connectivity index (χ0n) is 12.2. The molecule has 2 rings (SSSR count). The molecule has 1 heterocycles. The number of methoxy groups -OCH3 is 1. The normalized spacial score (nSPS) is 13.7. The van der Waals surface area contributed by atoms with Gasteiger partial charge in [0.25, 0.3) is 0 Å². The van der Waals surface area contributed by atoms with Crippen LogP contribution in [-0.4, -0.2) is 41.5 Å². The van der Waals surface area contributed by atoms with E-state index in [1.54, 1.807) is 19.5 Å². The lowest BCUT2D eigenvalue weighted by Gasteiger charge is -2.45. The maximum atomic E-state index is 13.8. The Morgan fingerprint density at radius 3 is 2.62 bits per heavy atom. The van der Waals surface area contributed by atoms with Crippen LogP contribution in [0.4, 0.5) is 0 Å². The number of nitrogens with one attached hydrogen (secondary N) is 2. The van der Waals surface area contributed by atoms with Crippen LogP contribution in [0.3, 0.4) is 0 Å². The van der Waals surface area contributed by atoms with Crippen LogP contribution in [0, 0.1) is 0 Å². The van der Waals surface area contributed by atoms with Gasteiger partial charge in [-0.25, -0.2) is 9.71 Å². The summed E-state index contributed by atoms with van der Waals surface area (Å²) in [6, 6.07) is 9.54. The molecule has 0 bridgehead atoms. The predicted octanol–water partition coefficient (Wildman–Crippen LogP) is 1.50. The van der Waals surface area contributed by atoms with Gasteiger partial charge in [-0.2, -0.15) is 4.21 Å². The Bertz CT molecular complexity index is 616. The number of ether oxygens (including phenoxy) is 1. The average molecular weight is 311 g/mol. The van der Waals surface area contributed by atoms with E-state index in [2.05, 4.69) is 14.7 Å². The third-order valence-electron chi connectivity index (χ3n) is 3.19. The van der Waals surface area contributed by atoms with Gasteiger partial charge >= 0.3 is 0 Å². The Kier molecular flexibility index (Phi) is 4.89. The van der Waals surface area contributed by atoms with E-state index in [4.69, 9.17) is 8.92 Å². The number of aromatic amines is 1. The van der Waals surface area contributed by atoms with Gasteiger partial charge in [0.05, 0.1) is 19.5 Å². The number of aromatic nitrogens is 2. The molecule has 0 unspecified atom stereocenters. The second-order valence-electron chi connectivity index (χ2n) is 4.61. The van der Waals surface area contributed by atoms with Crippen LogP contribution in [0.5, 0.6) is 0 Å². The van der Waals surface area contributed by atoms with E-state index in [-0.39, 0.29) is 5.75 Å². The van der Waals surface area contributed by atoms with Gasteiger partial charge in [-0.3, -0.25) is 4.18 Å². The van der Waals surface area contributed by atoms with E-state index < -0.39 is 9.53 Å². The molecule has 2 aromatic rings. The Morgan fingerprint density at radius 1 is 1.29 bits per heavy atom. The average Bonchev–Trinajstić information content (AvgIpc) is 3.04. The van der Waals surface area contributed by atoms with Gasteiger partial charge in [-0.15, -0.1) is 0 Å². The molecular weight excluding hydrogens is 290 g/mol. The quantitative estimate of drug-likeness (QED) is 0.724. The first-order valence-corrected chi connectivity index (χ1v) is 8.67. The van der Waals surface area contributed by atoms with Gasteiger partial charge in [-0.05, 0) is 5.56 Å². The predicted molar refractivity (Wildman–Crippen MR) is 82.0 cm³/mol. The fraction of sp³-hybridized carbons (Fsp3) is 0.357. The van der Waals surface area contributed by atoms with Gasteiger partial charge in [0.2, 0.25) is 5.16 Å². The van der Waals surface area contributed by atoms with Crippen LogP contribution in [-0.2, 0) is 24.2 Å². The summed E-state index contributed by atoms with van der Waals surface area (Å²) in [6.07, 6.45) is 3.19. The van der Waals surface area contributed by atoms with Crippen LogP contribution in [0.2, 0.25) is 0 Å². The number of H-pyrrole nitrogens is 1. The van der Waals surface area contributed by atoms with Crippen molar-refractivity contribution in [2.24, 2.45) is 0 Å². The molecule has 0 amide bonds. The SMILES string of the molecule is COCCNS(=O)(Cc1ccccc1)(OC)c1ncc[nH]1. The van der Waals surface area contributed by atoms with Crippen LogP contribution < -0.4 is 4.72 Å². The molecule has 0 atom stereocenters. The zero-order chi connectivity index (χ0) is 15.2. The smallest absolute Gasteiger partial charge is 0.229 e. The topological polar surface area (TPSA) is 76.2 Å². The molecule has 0 saturated heterocycles. The molecule has 21 heavy (non-hydrogen) atoms. The largest absolute Gasteiger partial charge is 0.383 e. The van der Waals surface area contributed by atoms with Crippen molar-refractivity contribution in [3.63, 3.8) is 0 Å². The number of nitrogens with zero attached hydrogens (tertiary/aromatic N) is 1. The van der Waals surface area contributed by atoms with E-state index in [9.17, 15) is 4.21 Å². The molecule has 0 aliphatic heterocycles. The highest BCUT2D eigenvalue weighted by atomic mass is 32.3. The van der Waals surface area contributed by atoms with Gasteiger partial charge in [0.15, 0.2) is 0 Å². The van der Waals surface area contributed by atoms with E-state index in [0.717, 1.165) is 5.56 Å². The standard InChI is InChI=1S/C14H21N3O3S/c1-19-11-10-17-21(18,20-2,14-15-8-9-16-14)12-13-6-4-3-5-7-13/h3-9H,10-12H2,1-2H3,(H,15,16)(H,17,18). The van der Waals surface area contributed by atoms with E-state index in [0.29, 0.717) is 18.3 Å². The molecule has 0 aliphatic carbocycles. The number of benzene rings is 1. The summed E-state index contributed by atoms with van der Waals surface area (Å²) in [5.74, 6) is 0.200. The molecule has 7 heteroatoms. The first-order valence-electron chi connectivity index (χ1n) is 6.61. The number of rotatable bonds is 8. The van der Waals surface area contributed by atoms with Crippen molar-refractivity contribution < 1.29 is 13.1 Å². The lowest BCUT2D eigenvalue weighted by Crippen LogP contribution is -2.52. The fourth-order valence-corrected chi connectivity index (χ4v) is 4.73. The third-order valence-corrected chi connectivity index (χ3v) is 6.55. The van der Waals surface area contributed by atoms with Crippen molar-refractivity contribution in [3.05, 3.63) is 48.3 Å². The van der Waals surface area contributed by atoms with Crippen molar-refractivity contribution in [3.8, 4) is 0 Å². The van der Waals surface area contributed by atoms with Crippen molar-refractivity contribution >= 4 is 9.53 Å². The second-order valence-corrected chi connectivity index (χ2v) is 7.96. The van der Waals surface area contributed by atoms with Gasteiger partial charge in [0, 0.05) is 26.0 Å². The summed E-state index contributed by atoms with van der Waals surface area (Å²) in [7, 11) is -0.793. The van der Waals surface area contributed by atoms with Crippen molar-refractivity contribution in [2.45, 2.75) is 10.9 Å². The van der Waals surface area contributed by atoms with Crippen LogP contribution in [0.1, 0.15) is 5.56 Å². The molecule has 1 aromatic carbocycles. The Morgan fingerprint density at radius 2 is 2.05 bits per heavy atom. The van der Waals surface area contributed by atoms with E-state index >= 15 is 0 Å². The first-order chi connectivity index (χ1) is 10.1.